The van der Waals surface area contributed by atoms with Gasteiger partial charge in [0, 0.05) is 18.7 Å². The van der Waals surface area contributed by atoms with Gasteiger partial charge in [-0.15, -0.1) is 10.2 Å². The Hall–Kier alpha value is -2.42. The zero-order valence-corrected chi connectivity index (χ0v) is 15.9. The lowest BCUT2D eigenvalue weighted by molar-refractivity contribution is -0.250. The second-order valence-corrected chi connectivity index (χ2v) is 8.07. The Balaban J connectivity index is 1.44. The monoisotopic (exact) mass is 409 g/mol. The largest absolute Gasteiger partial charge is 0.426 e. The minimum Gasteiger partial charge on any atom is -0.420 e. The molecule has 0 radical (unpaired) electrons. The fourth-order valence-corrected chi connectivity index (χ4v) is 4.12. The second kappa shape index (κ2) is 6.83. The number of carbonyl (C=O) groups excluding carboxylic acids is 1. The maximum absolute atomic E-state index is 13.0. The van der Waals surface area contributed by atoms with Gasteiger partial charge in [-0.1, -0.05) is 18.2 Å². The van der Waals surface area contributed by atoms with Crippen LogP contribution in [0, 0.1) is 5.92 Å². The van der Waals surface area contributed by atoms with E-state index in [4.69, 9.17) is 4.42 Å². The predicted octanol–water partition coefficient (Wildman–Crippen LogP) is 3.32. The van der Waals surface area contributed by atoms with Crippen LogP contribution in [0.25, 0.3) is 11.5 Å². The van der Waals surface area contributed by atoms with Crippen LogP contribution in [0.2, 0.25) is 0 Å². The van der Waals surface area contributed by atoms with Crippen molar-refractivity contribution in [1.29, 1.82) is 0 Å². The van der Waals surface area contributed by atoms with Gasteiger partial charge in [-0.2, -0.15) is 13.2 Å². The number of carbonyl (C=O) groups is 1. The van der Waals surface area contributed by atoms with Crippen LogP contribution < -0.4 is 0 Å². The third kappa shape index (κ3) is 3.41. The van der Waals surface area contributed by atoms with Gasteiger partial charge < -0.3 is 14.4 Å². The molecule has 1 N–H and O–H groups in total. The molecule has 1 aliphatic heterocycles. The molecule has 29 heavy (non-hydrogen) atoms. The number of halogens is 3. The number of alkyl halides is 3. The van der Waals surface area contributed by atoms with Crippen LogP contribution >= 0.6 is 0 Å². The summed E-state index contributed by atoms with van der Waals surface area (Å²) in [4.78, 5) is 13.3. The Morgan fingerprint density at radius 3 is 2.34 bits per heavy atom. The maximum atomic E-state index is 13.0. The van der Waals surface area contributed by atoms with Crippen molar-refractivity contribution in [1.82, 2.24) is 15.1 Å². The normalized spacial score (nSPS) is 21.6. The molecule has 0 bridgehead atoms. The number of hydrogen-bond donors (Lipinski definition) is 1. The first-order valence-electron chi connectivity index (χ1n) is 9.63. The lowest BCUT2D eigenvalue weighted by Gasteiger charge is -2.38. The molecule has 2 heterocycles. The molecule has 1 amide bonds. The third-order valence-electron chi connectivity index (χ3n) is 6.19. The topological polar surface area (TPSA) is 79.5 Å². The van der Waals surface area contributed by atoms with Gasteiger partial charge in [0.2, 0.25) is 17.4 Å². The minimum absolute atomic E-state index is 0.145. The van der Waals surface area contributed by atoms with Crippen molar-refractivity contribution in [2.24, 2.45) is 5.92 Å². The van der Waals surface area contributed by atoms with Crippen molar-refractivity contribution in [2.45, 2.75) is 49.8 Å². The summed E-state index contributed by atoms with van der Waals surface area (Å²) in [6.07, 6.45) is -2.19. The molecule has 1 atom stereocenters. The van der Waals surface area contributed by atoms with E-state index in [1.807, 2.05) is 30.3 Å². The third-order valence-corrected chi connectivity index (χ3v) is 6.19. The van der Waals surface area contributed by atoms with E-state index >= 15 is 0 Å². The molecule has 6 nitrogen and oxygen atoms in total. The number of rotatable bonds is 4. The highest BCUT2D eigenvalue weighted by Gasteiger charge is 2.59. The summed E-state index contributed by atoms with van der Waals surface area (Å²) in [5.41, 5.74) is -2.80. The quantitative estimate of drug-likeness (QED) is 0.838. The molecular weight excluding hydrogens is 387 g/mol. The van der Waals surface area contributed by atoms with Crippen molar-refractivity contribution in [3.8, 4) is 11.5 Å². The van der Waals surface area contributed by atoms with Gasteiger partial charge in [0.25, 0.3) is 5.91 Å². The van der Waals surface area contributed by atoms with E-state index in [1.165, 1.54) is 0 Å². The van der Waals surface area contributed by atoms with Crippen LogP contribution in [0.3, 0.4) is 0 Å². The number of amides is 1. The molecule has 1 aromatic heterocycles. The van der Waals surface area contributed by atoms with Crippen molar-refractivity contribution in [3.63, 3.8) is 0 Å². The van der Waals surface area contributed by atoms with E-state index in [9.17, 15) is 23.1 Å². The Labute approximate surface area is 165 Å². The molecule has 2 fully saturated rings. The van der Waals surface area contributed by atoms with Crippen molar-refractivity contribution >= 4 is 5.91 Å². The van der Waals surface area contributed by atoms with Crippen LogP contribution in [-0.2, 0) is 10.2 Å². The van der Waals surface area contributed by atoms with E-state index in [1.54, 1.807) is 0 Å². The van der Waals surface area contributed by atoms with Crippen molar-refractivity contribution < 1.29 is 27.5 Å². The summed E-state index contributed by atoms with van der Waals surface area (Å²) in [6.45, 7) is 0.835. The molecule has 1 saturated carbocycles. The van der Waals surface area contributed by atoms with Gasteiger partial charge >= 0.3 is 6.18 Å². The van der Waals surface area contributed by atoms with Crippen LogP contribution in [0.1, 0.15) is 38.5 Å². The Bertz CT molecular complexity index is 883. The van der Waals surface area contributed by atoms with Gasteiger partial charge in [0.05, 0.1) is 5.41 Å². The molecule has 1 aromatic carbocycles. The van der Waals surface area contributed by atoms with E-state index in [0.717, 1.165) is 23.3 Å². The van der Waals surface area contributed by atoms with E-state index in [0.29, 0.717) is 31.5 Å². The van der Waals surface area contributed by atoms with E-state index in [2.05, 4.69) is 10.2 Å². The van der Waals surface area contributed by atoms with Gasteiger partial charge in [0.15, 0.2) is 0 Å². The highest BCUT2D eigenvalue weighted by molar-refractivity contribution is 5.85. The number of piperidine rings is 1. The summed E-state index contributed by atoms with van der Waals surface area (Å²) in [6, 6.07) is 9.43. The van der Waals surface area contributed by atoms with Crippen LogP contribution in [0.15, 0.2) is 34.7 Å². The first kappa shape index (κ1) is 19.9. The fourth-order valence-electron chi connectivity index (χ4n) is 4.12. The SMILES string of the molecule is C[C@@](O)(C(=O)N1CCC(C2(c3nnc(-c4ccccc4)o3)CC2)CC1)C(F)(F)F. The molecule has 0 unspecified atom stereocenters. The number of likely N-dealkylation sites (tertiary alicyclic amines) is 1. The summed E-state index contributed by atoms with van der Waals surface area (Å²) < 4.78 is 44.8. The Morgan fingerprint density at radius 2 is 1.79 bits per heavy atom. The lowest BCUT2D eigenvalue weighted by Crippen LogP contribution is -2.57. The molecule has 0 spiro atoms. The van der Waals surface area contributed by atoms with Crippen LogP contribution in [-0.4, -0.2) is 51.0 Å². The molecule has 2 aliphatic rings. The Kier molecular flexibility index (Phi) is 4.68. The maximum Gasteiger partial charge on any atom is 0.426 e. The molecule has 1 aliphatic carbocycles. The molecule has 9 heteroatoms. The minimum atomic E-state index is -5.00. The highest BCUT2D eigenvalue weighted by atomic mass is 19.4. The van der Waals surface area contributed by atoms with Gasteiger partial charge in [0.1, 0.15) is 0 Å². The first-order valence-corrected chi connectivity index (χ1v) is 9.63. The molecule has 1 saturated heterocycles. The molecule has 2 aromatic rings. The van der Waals surface area contributed by atoms with Gasteiger partial charge in [-0.05, 0) is 50.7 Å². The van der Waals surface area contributed by atoms with E-state index in [-0.39, 0.29) is 24.4 Å². The summed E-state index contributed by atoms with van der Waals surface area (Å²) >= 11 is 0. The summed E-state index contributed by atoms with van der Waals surface area (Å²) in [5.74, 6) is -0.145. The molecule has 156 valence electrons. The average molecular weight is 409 g/mol. The standard InChI is InChI=1S/C20H22F3N3O3/c1-18(28,20(21,22)23)17(27)26-11-7-14(8-12-26)19(9-10-19)16-25-24-15(29-16)13-5-3-2-4-6-13/h2-6,14,28H,7-12H2,1H3/t18-/m1/s1. The highest BCUT2D eigenvalue weighted by Crippen LogP contribution is 2.56. The zero-order chi connectivity index (χ0) is 20.9. The number of benzene rings is 1. The smallest absolute Gasteiger partial charge is 0.420 e. The van der Waals surface area contributed by atoms with Gasteiger partial charge in [-0.3, -0.25) is 4.79 Å². The van der Waals surface area contributed by atoms with Gasteiger partial charge in [-0.25, -0.2) is 0 Å². The number of hydrogen-bond acceptors (Lipinski definition) is 5. The van der Waals surface area contributed by atoms with Crippen LogP contribution in [0.4, 0.5) is 13.2 Å². The summed E-state index contributed by atoms with van der Waals surface area (Å²) in [5, 5.41) is 18.0. The average Bonchev–Trinajstić information content (AvgIpc) is 3.36. The van der Waals surface area contributed by atoms with Crippen LogP contribution in [0.5, 0.6) is 0 Å². The predicted molar refractivity (Wildman–Crippen MR) is 96.6 cm³/mol. The second-order valence-electron chi connectivity index (χ2n) is 8.07. The lowest BCUT2D eigenvalue weighted by atomic mass is 9.81. The molecular formula is C20H22F3N3O3. The zero-order valence-electron chi connectivity index (χ0n) is 15.9. The van der Waals surface area contributed by atoms with E-state index < -0.39 is 17.7 Å². The fraction of sp³-hybridized carbons (Fsp3) is 0.550. The number of aromatic nitrogens is 2. The first-order chi connectivity index (χ1) is 13.6. The number of nitrogens with zero attached hydrogens (tertiary/aromatic N) is 3. The summed E-state index contributed by atoms with van der Waals surface area (Å²) in [7, 11) is 0. The Morgan fingerprint density at radius 1 is 1.17 bits per heavy atom. The number of aliphatic hydroxyl groups is 1. The van der Waals surface area contributed by atoms with Crippen molar-refractivity contribution in [3.05, 3.63) is 36.2 Å². The molecule has 4 rings (SSSR count). The van der Waals surface area contributed by atoms with Crippen molar-refractivity contribution in [2.75, 3.05) is 13.1 Å².